The van der Waals surface area contributed by atoms with Crippen LogP contribution in [0, 0.1) is 5.92 Å². The summed E-state index contributed by atoms with van der Waals surface area (Å²) in [6.45, 7) is 4.62. The number of rotatable bonds is 5. The molecule has 1 nitrogen and oxygen atoms in total. The Hall–Kier alpha value is -0.340. The summed E-state index contributed by atoms with van der Waals surface area (Å²) in [7, 11) is 0. The summed E-state index contributed by atoms with van der Waals surface area (Å²) in [6, 6.07) is 9.87. The van der Waals surface area contributed by atoms with Crippen LogP contribution >= 0.6 is 15.9 Å². The molecule has 1 aliphatic carbocycles. The van der Waals surface area contributed by atoms with Crippen molar-refractivity contribution in [1.82, 2.24) is 5.32 Å². The molecule has 1 aliphatic rings. The van der Waals surface area contributed by atoms with Gasteiger partial charge in [-0.15, -0.1) is 0 Å². The molecule has 0 heterocycles. The van der Waals surface area contributed by atoms with Crippen molar-refractivity contribution in [1.29, 1.82) is 0 Å². The highest BCUT2D eigenvalue weighted by molar-refractivity contribution is 9.10. The van der Waals surface area contributed by atoms with Gasteiger partial charge in [-0.1, -0.05) is 47.8 Å². The minimum atomic E-state index is 0.494. The number of hydrogen-bond donors (Lipinski definition) is 1. The van der Waals surface area contributed by atoms with E-state index in [0.29, 0.717) is 12.1 Å². The van der Waals surface area contributed by atoms with Gasteiger partial charge in [-0.05, 0) is 49.8 Å². The van der Waals surface area contributed by atoms with Crippen LogP contribution in [0.15, 0.2) is 28.7 Å². The molecule has 1 aromatic carbocycles. The quantitative estimate of drug-likeness (QED) is 0.801. The summed E-state index contributed by atoms with van der Waals surface area (Å²) < 4.78 is 1.16. The van der Waals surface area contributed by atoms with Crippen molar-refractivity contribution in [3.8, 4) is 0 Å². The number of benzene rings is 1. The summed E-state index contributed by atoms with van der Waals surface area (Å²) in [6.07, 6.45) is 6.81. The van der Waals surface area contributed by atoms with Gasteiger partial charge in [-0.2, -0.15) is 0 Å². The van der Waals surface area contributed by atoms with Crippen LogP contribution in [-0.2, 0) is 0 Å². The van der Waals surface area contributed by atoms with Crippen LogP contribution in [0.1, 0.15) is 57.6 Å². The minimum absolute atomic E-state index is 0.494. The number of hydrogen-bond acceptors (Lipinski definition) is 1. The van der Waals surface area contributed by atoms with E-state index < -0.39 is 0 Å². The van der Waals surface area contributed by atoms with E-state index in [4.69, 9.17) is 0 Å². The molecule has 1 saturated carbocycles. The largest absolute Gasteiger partial charge is 0.307 e. The monoisotopic (exact) mass is 309 g/mol. The lowest BCUT2D eigenvalue weighted by atomic mass is 9.96. The first-order valence-electron chi connectivity index (χ1n) is 7.22. The lowest BCUT2D eigenvalue weighted by Crippen LogP contribution is -2.35. The van der Waals surface area contributed by atoms with Gasteiger partial charge >= 0.3 is 0 Å². The molecule has 1 N–H and O–H groups in total. The van der Waals surface area contributed by atoms with E-state index in [1.54, 1.807) is 0 Å². The van der Waals surface area contributed by atoms with Crippen LogP contribution in [0.2, 0.25) is 0 Å². The maximum atomic E-state index is 3.83. The van der Waals surface area contributed by atoms with E-state index in [2.05, 4.69) is 59.4 Å². The van der Waals surface area contributed by atoms with Gasteiger partial charge < -0.3 is 5.32 Å². The molecule has 0 radical (unpaired) electrons. The van der Waals surface area contributed by atoms with E-state index in [9.17, 15) is 0 Å². The molecule has 18 heavy (non-hydrogen) atoms. The first-order chi connectivity index (χ1) is 8.70. The van der Waals surface area contributed by atoms with Crippen molar-refractivity contribution < 1.29 is 0 Å². The predicted molar refractivity (Wildman–Crippen MR) is 81.7 cm³/mol. The molecule has 1 aromatic rings. The van der Waals surface area contributed by atoms with E-state index in [1.165, 1.54) is 31.2 Å². The van der Waals surface area contributed by atoms with Gasteiger partial charge in [-0.25, -0.2) is 0 Å². The Morgan fingerprint density at radius 2 is 1.83 bits per heavy atom. The summed E-state index contributed by atoms with van der Waals surface area (Å²) >= 11 is 3.50. The normalized spacial score (nSPS) is 19.9. The van der Waals surface area contributed by atoms with Crippen LogP contribution in [0.3, 0.4) is 0 Å². The summed E-state index contributed by atoms with van der Waals surface area (Å²) in [4.78, 5) is 0. The van der Waals surface area contributed by atoms with Crippen LogP contribution in [0.4, 0.5) is 0 Å². The maximum Gasteiger partial charge on any atom is 0.0320 e. The Kier molecular flexibility index (Phi) is 5.25. The average molecular weight is 310 g/mol. The lowest BCUT2D eigenvalue weighted by Gasteiger charge is -2.27. The van der Waals surface area contributed by atoms with Gasteiger partial charge in [0, 0.05) is 16.6 Å². The second-order valence-corrected chi connectivity index (χ2v) is 6.43. The molecule has 100 valence electrons. The Morgan fingerprint density at radius 1 is 1.22 bits per heavy atom. The molecule has 0 aromatic heterocycles. The van der Waals surface area contributed by atoms with Crippen molar-refractivity contribution in [3.05, 3.63) is 34.3 Å². The number of nitrogens with one attached hydrogen (secondary N) is 1. The molecule has 2 rings (SSSR count). The third kappa shape index (κ3) is 3.58. The fourth-order valence-electron chi connectivity index (χ4n) is 3.06. The topological polar surface area (TPSA) is 12.0 Å². The van der Waals surface area contributed by atoms with Crippen molar-refractivity contribution in [2.45, 2.75) is 58.0 Å². The fourth-order valence-corrected chi connectivity index (χ4v) is 3.32. The Balaban J connectivity index is 1.97. The molecular weight excluding hydrogens is 286 g/mol. The summed E-state index contributed by atoms with van der Waals surface area (Å²) in [5, 5.41) is 3.83. The zero-order valence-electron chi connectivity index (χ0n) is 11.5. The first-order valence-corrected chi connectivity index (χ1v) is 8.01. The molecule has 2 atom stereocenters. The SMILES string of the molecule is CCC(N[C@H](C)C1CCCC1)c1ccc(Br)cc1. The number of halogens is 1. The van der Waals surface area contributed by atoms with E-state index in [-0.39, 0.29) is 0 Å². The third-order valence-corrected chi connectivity index (χ3v) is 4.78. The fraction of sp³-hybridized carbons (Fsp3) is 0.625. The third-order valence-electron chi connectivity index (χ3n) is 4.25. The molecular formula is C16H24BrN. The smallest absolute Gasteiger partial charge is 0.0320 e. The van der Waals surface area contributed by atoms with Crippen molar-refractivity contribution in [3.63, 3.8) is 0 Å². The van der Waals surface area contributed by atoms with Gasteiger partial charge in [0.05, 0.1) is 0 Å². The Morgan fingerprint density at radius 3 is 2.39 bits per heavy atom. The standard InChI is InChI=1S/C16H24BrN/c1-3-16(14-8-10-15(17)11-9-14)18-12(2)13-6-4-5-7-13/h8-13,16,18H,3-7H2,1-2H3/t12-,16?/m1/s1. The maximum absolute atomic E-state index is 3.83. The van der Waals surface area contributed by atoms with E-state index >= 15 is 0 Å². The van der Waals surface area contributed by atoms with E-state index in [0.717, 1.165) is 16.8 Å². The Bertz CT molecular complexity index is 354. The molecule has 0 spiro atoms. The van der Waals surface area contributed by atoms with Crippen molar-refractivity contribution in [2.24, 2.45) is 5.92 Å². The van der Waals surface area contributed by atoms with Crippen LogP contribution in [0.25, 0.3) is 0 Å². The molecule has 2 heteroatoms. The summed E-state index contributed by atoms with van der Waals surface area (Å²) in [5.41, 5.74) is 1.41. The second-order valence-electron chi connectivity index (χ2n) is 5.51. The highest BCUT2D eigenvalue weighted by Crippen LogP contribution is 2.29. The van der Waals surface area contributed by atoms with Crippen LogP contribution in [0.5, 0.6) is 0 Å². The lowest BCUT2D eigenvalue weighted by molar-refractivity contribution is 0.339. The summed E-state index contributed by atoms with van der Waals surface area (Å²) in [5.74, 6) is 0.884. The first kappa shape index (κ1) is 14.1. The highest BCUT2D eigenvalue weighted by atomic mass is 79.9. The predicted octanol–water partition coefficient (Wildman–Crippen LogP) is 5.07. The van der Waals surface area contributed by atoms with Crippen molar-refractivity contribution >= 4 is 15.9 Å². The second kappa shape index (κ2) is 6.72. The Labute approximate surface area is 119 Å². The molecule has 1 unspecified atom stereocenters. The van der Waals surface area contributed by atoms with E-state index in [1.807, 2.05) is 0 Å². The molecule has 0 saturated heterocycles. The molecule has 1 fully saturated rings. The average Bonchev–Trinajstić information content (AvgIpc) is 2.91. The van der Waals surface area contributed by atoms with Crippen LogP contribution < -0.4 is 5.32 Å². The minimum Gasteiger partial charge on any atom is -0.307 e. The van der Waals surface area contributed by atoms with Crippen molar-refractivity contribution in [2.75, 3.05) is 0 Å². The van der Waals surface area contributed by atoms with Crippen LogP contribution in [-0.4, -0.2) is 6.04 Å². The van der Waals surface area contributed by atoms with Gasteiger partial charge in [0.1, 0.15) is 0 Å². The van der Waals surface area contributed by atoms with Gasteiger partial charge in [0.15, 0.2) is 0 Å². The zero-order valence-corrected chi connectivity index (χ0v) is 13.0. The highest BCUT2D eigenvalue weighted by Gasteiger charge is 2.23. The molecule has 0 aliphatic heterocycles. The molecule has 0 amide bonds. The zero-order chi connectivity index (χ0) is 13.0. The van der Waals surface area contributed by atoms with Gasteiger partial charge in [0.25, 0.3) is 0 Å². The van der Waals surface area contributed by atoms with Gasteiger partial charge in [0.2, 0.25) is 0 Å². The molecule has 0 bridgehead atoms. The van der Waals surface area contributed by atoms with Gasteiger partial charge in [-0.3, -0.25) is 0 Å².